The van der Waals surface area contributed by atoms with Crippen molar-refractivity contribution in [3.8, 4) is 11.1 Å². The number of alkyl carbamates (subject to hydrolysis) is 1. The SMILES string of the molecule is Cc1cc(C=C(CNC(=O)OCC2c3ccccc3-c3ccccc32)B2OC(C)(C)C(C)(C)O2)cc(C(F)(F)F)c1. The molecule has 1 N–H and O–H groups in total. The van der Waals surface area contributed by atoms with Crippen LogP contribution in [0.4, 0.5) is 18.0 Å². The molecule has 1 aliphatic carbocycles. The van der Waals surface area contributed by atoms with E-state index in [4.69, 9.17) is 14.0 Å². The molecular weight excluding hydrogens is 530 g/mol. The molecule has 0 unspecified atom stereocenters. The van der Waals surface area contributed by atoms with Gasteiger partial charge in [-0.05, 0) is 85.6 Å². The summed E-state index contributed by atoms with van der Waals surface area (Å²) in [5.41, 5.74) is 3.60. The molecule has 2 aliphatic rings. The maximum atomic E-state index is 13.5. The zero-order valence-corrected chi connectivity index (χ0v) is 23.8. The van der Waals surface area contributed by atoms with Crippen LogP contribution in [-0.4, -0.2) is 37.6 Å². The lowest BCUT2D eigenvalue weighted by Crippen LogP contribution is -2.41. The van der Waals surface area contributed by atoms with E-state index in [0.29, 0.717) is 16.6 Å². The second-order valence-corrected chi connectivity index (χ2v) is 11.6. The number of hydrogen-bond acceptors (Lipinski definition) is 4. The van der Waals surface area contributed by atoms with Crippen LogP contribution in [0.3, 0.4) is 0 Å². The van der Waals surface area contributed by atoms with Gasteiger partial charge in [-0.2, -0.15) is 13.2 Å². The van der Waals surface area contributed by atoms with E-state index in [0.717, 1.165) is 34.4 Å². The molecule has 214 valence electrons. The fourth-order valence-corrected chi connectivity index (χ4v) is 5.29. The molecule has 41 heavy (non-hydrogen) atoms. The van der Waals surface area contributed by atoms with E-state index in [-0.39, 0.29) is 19.1 Å². The first-order valence-corrected chi connectivity index (χ1v) is 13.6. The summed E-state index contributed by atoms with van der Waals surface area (Å²) < 4.78 is 58.5. The number of fused-ring (bicyclic) bond motifs is 3. The number of alkyl halides is 3. The van der Waals surface area contributed by atoms with Crippen LogP contribution in [0.25, 0.3) is 17.2 Å². The van der Waals surface area contributed by atoms with Crippen LogP contribution in [-0.2, 0) is 20.2 Å². The van der Waals surface area contributed by atoms with Gasteiger partial charge in [0.2, 0.25) is 0 Å². The minimum absolute atomic E-state index is 0.0389. The number of halogens is 3. The number of carbonyl (C=O) groups is 1. The minimum Gasteiger partial charge on any atom is -0.449 e. The highest BCUT2D eigenvalue weighted by molar-refractivity contribution is 6.56. The average molecular weight is 563 g/mol. The van der Waals surface area contributed by atoms with Crippen molar-refractivity contribution >= 4 is 19.3 Å². The number of rotatable bonds is 6. The predicted molar refractivity (Wildman–Crippen MR) is 153 cm³/mol. The molecule has 0 aromatic heterocycles. The van der Waals surface area contributed by atoms with E-state index in [9.17, 15) is 18.0 Å². The van der Waals surface area contributed by atoms with Gasteiger partial charge in [-0.25, -0.2) is 4.79 Å². The van der Waals surface area contributed by atoms with Crippen LogP contribution in [0.2, 0.25) is 0 Å². The Morgan fingerprint density at radius 2 is 1.51 bits per heavy atom. The molecule has 1 amide bonds. The molecule has 3 aromatic carbocycles. The molecular formula is C32H33BF3NO4. The molecule has 1 aliphatic heterocycles. The first kappa shape index (κ1) is 29.0. The van der Waals surface area contributed by atoms with Crippen molar-refractivity contribution in [1.82, 2.24) is 5.32 Å². The molecule has 0 radical (unpaired) electrons. The molecule has 9 heteroatoms. The van der Waals surface area contributed by atoms with Gasteiger partial charge < -0.3 is 19.4 Å². The van der Waals surface area contributed by atoms with E-state index < -0.39 is 36.2 Å². The van der Waals surface area contributed by atoms with Gasteiger partial charge in [0.25, 0.3) is 0 Å². The number of ether oxygens (including phenoxy) is 1. The summed E-state index contributed by atoms with van der Waals surface area (Å²) in [4.78, 5) is 12.9. The maximum absolute atomic E-state index is 13.5. The van der Waals surface area contributed by atoms with Crippen LogP contribution in [0.1, 0.15) is 61.4 Å². The van der Waals surface area contributed by atoms with Crippen molar-refractivity contribution in [2.75, 3.05) is 13.2 Å². The van der Waals surface area contributed by atoms with Crippen LogP contribution in [0.15, 0.2) is 72.2 Å². The van der Waals surface area contributed by atoms with Gasteiger partial charge in [0, 0.05) is 12.5 Å². The van der Waals surface area contributed by atoms with Crippen molar-refractivity contribution in [2.45, 2.75) is 57.9 Å². The summed E-state index contributed by atoms with van der Waals surface area (Å²) in [7, 11) is -0.872. The van der Waals surface area contributed by atoms with Crippen LogP contribution < -0.4 is 5.32 Å². The quantitative estimate of drug-likeness (QED) is 0.315. The second kappa shape index (κ2) is 10.7. The number of hydrogen-bond donors (Lipinski definition) is 1. The third kappa shape index (κ3) is 5.92. The Morgan fingerprint density at radius 1 is 0.951 bits per heavy atom. The van der Waals surface area contributed by atoms with Crippen molar-refractivity contribution in [1.29, 1.82) is 0 Å². The van der Waals surface area contributed by atoms with E-state index in [2.05, 4.69) is 17.4 Å². The van der Waals surface area contributed by atoms with Gasteiger partial charge in [-0.1, -0.05) is 60.7 Å². The summed E-state index contributed by atoms with van der Waals surface area (Å²) >= 11 is 0. The van der Waals surface area contributed by atoms with Crippen molar-refractivity contribution < 1.29 is 32.0 Å². The fraction of sp³-hybridized carbons (Fsp3) is 0.344. The van der Waals surface area contributed by atoms with Gasteiger partial charge in [0.1, 0.15) is 6.61 Å². The van der Waals surface area contributed by atoms with Crippen molar-refractivity contribution in [3.05, 3.63) is 100 Å². The molecule has 1 saturated heterocycles. The Bertz CT molecular complexity index is 1440. The second-order valence-electron chi connectivity index (χ2n) is 11.6. The highest BCUT2D eigenvalue weighted by atomic mass is 19.4. The van der Waals surface area contributed by atoms with E-state index in [1.165, 1.54) is 0 Å². The number of amides is 1. The Morgan fingerprint density at radius 3 is 2.07 bits per heavy atom. The largest absolute Gasteiger partial charge is 0.492 e. The molecule has 0 saturated carbocycles. The van der Waals surface area contributed by atoms with Gasteiger partial charge >= 0.3 is 19.4 Å². The van der Waals surface area contributed by atoms with Crippen LogP contribution in [0, 0.1) is 6.92 Å². The summed E-state index contributed by atoms with van der Waals surface area (Å²) in [6.45, 7) is 9.26. The van der Waals surface area contributed by atoms with Crippen molar-refractivity contribution in [2.24, 2.45) is 0 Å². The zero-order valence-electron chi connectivity index (χ0n) is 23.8. The molecule has 0 bridgehead atoms. The zero-order chi connectivity index (χ0) is 29.6. The lowest BCUT2D eigenvalue weighted by atomic mass is 9.77. The van der Waals surface area contributed by atoms with Crippen LogP contribution >= 0.6 is 0 Å². The number of nitrogens with one attached hydrogen (secondary N) is 1. The molecule has 0 atom stereocenters. The summed E-state index contributed by atoms with van der Waals surface area (Å²) in [5, 5.41) is 2.75. The topological polar surface area (TPSA) is 56.8 Å². The lowest BCUT2D eigenvalue weighted by molar-refractivity contribution is -0.137. The smallest absolute Gasteiger partial charge is 0.449 e. The number of carbonyl (C=O) groups excluding carboxylic acids is 1. The van der Waals surface area contributed by atoms with E-state index in [1.807, 2.05) is 64.1 Å². The molecule has 0 spiro atoms. The predicted octanol–water partition coefficient (Wildman–Crippen LogP) is 7.57. The Kier molecular flexibility index (Phi) is 7.55. The highest BCUT2D eigenvalue weighted by Gasteiger charge is 2.52. The normalized spacial score (nSPS) is 17.8. The summed E-state index contributed by atoms with van der Waals surface area (Å²) in [6.07, 6.45) is -3.55. The summed E-state index contributed by atoms with van der Waals surface area (Å²) in [6, 6.07) is 19.9. The third-order valence-electron chi connectivity index (χ3n) is 8.12. The standard InChI is InChI=1S/C32H33BF3NO4/c1-20-14-21(16-22(15-20)32(34,35)36)17-23(33-40-30(2,3)31(4,5)41-33)18-37-29(38)39-19-28-26-12-8-6-10-24(26)25-11-7-9-13-27(25)28/h6-17,28H,18-19H2,1-5H3,(H,37,38). The van der Waals surface area contributed by atoms with Gasteiger partial charge in [0.15, 0.2) is 0 Å². The van der Waals surface area contributed by atoms with Crippen LogP contribution in [0.5, 0.6) is 0 Å². The molecule has 1 heterocycles. The first-order valence-electron chi connectivity index (χ1n) is 13.6. The average Bonchev–Trinajstić information content (AvgIpc) is 3.33. The van der Waals surface area contributed by atoms with Gasteiger partial charge in [-0.3, -0.25) is 0 Å². The highest BCUT2D eigenvalue weighted by Crippen LogP contribution is 2.44. The monoisotopic (exact) mass is 563 g/mol. The third-order valence-corrected chi connectivity index (χ3v) is 8.12. The number of aryl methyl sites for hydroxylation is 1. The molecule has 1 fully saturated rings. The Balaban J connectivity index is 1.34. The Labute approximate surface area is 238 Å². The van der Waals surface area contributed by atoms with E-state index >= 15 is 0 Å². The van der Waals surface area contributed by atoms with Crippen molar-refractivity contribution in [3.63, 3.8) is 0 Å². The van der Waals surface area contributed by atoms with Gasteiger partial charge in [0.05, 0.1) is 16.8 Å². The Hall–Kier alpha value is -3.56. The fourth-order valence-electron chi connectivity index (χ4n) is 5.29. The maximum Gasteiger partial charge on any atom is 0.492 e. The molecule has 5 rings (SSSR count). The molecule has 5 nitrogen and oxygen atoms in total. The van der Waals surface area contributed by atoms with Gasteiger partial charge in [-0.15, -0.1) is 0 Å². The number of benzene rings is 3. The molecule has 3 aromatic rings. The first-order chi connectivity index (χ1) is 19.2. The minimum atomic E-state index is -4.49. The van der Waals surface area contributed by atoms with E-state index in [1.54, 1.807) is 19.1 Å². The summed E-state index contributed by atoms with van der Waals surface area (Å²) in [5.74, 6) is -0.0978. The lowest BCUT2D eigenvalue weighted by Gasteiger charge is -2.32.